The molecular formula is C14H22N4O2. The van der Waals surface area contributed by atoms with Crippen LogP contribution in [-0.4, -0.2) is 35.6 Å². The number of carbonyl (C=O) groups excluding carboxylic acids is 1. The van der Waals surface area contributed by atoms with Crippen LogP contribution < -0.4 is 10.6 Å². The molecule has 1 aromatic rings. The number of hydrogen-bond acceptors (Lipinski definition) is 6. The Morgan fingerprint density at radius 3 is 2.60 bits per heavy atom. The van der Waals surface area contributed by atoms with E-state index in [1.165, 1.54) is 0 Å². The zero-order valence-corrected chi connectivity index (χ0v) is 12.1. The number of nitrogens with zero attached hydrogens (tertiary/aromatic N) is 2. The Labute approximate surface area is 119 Å². The maximum atomic E-state index is 11.4. The van der Waals surface area contributed by atoms with Crippen molar-refractivity contribution in [2.24, 2.45) is 0 Å². The van der Waals surface area contributed by atoms with Gasteiger partial charge in [-0.2, -0.15) is 0 Å². The second-order valence-corrected chi connectivity index (χ2v) is 4.86. The summed E-state index contributed by atoms with van der Waals surface area (Å²) in [5.74, 6) is 2.55. The Kier molecular flexibility index (Phi) is 5.15. The molecule has 0 saturated heterocycles. The van der Waals surface area contributed by atoms with E-state index < -0.39 is 0 Å². The molecule has 0 aliphatic heterocycles. The molecule has 110 valence electrons. The van der Waals surface area contributed by atoms with Crippen LogP contribution in [0.2, 0.25) is 0 Å². The molecule has 0 spiro atoms. The monoisotopic (exact) mass is 278 g/mol. The molecule has 1 heterocycles. The van der Waals surface area contributed by atoms with Crippen LogP contribution in [0.15, 0.2) is 6.07 Å². The smallest absolute Gasteiger partial charge is 0.325 e. The van der Waals surface area contributed by atoms with Crippen LogP contribution in [0.3, 0.4) is 0 Å². The summed E-state index contributed by atoms with van der Waals surface area (Å²) in [6, 6.07) is 1.83. The number of aromatic nitrogens is 2. The lowest BCUT2D eigenvalue weighted by Crippen LogP contribution is -2.18. The number of hydrogen-bond donors (Lipinski definition) is 2. The number of carbonyl (C=O) groups is 1. The molecule has 0 unspecified atom stereocenters. The minimum Gasteiger partial charge on any atom is -0.465 e. The molecule has 0 radical (unpaired) electrons. The molecule has 6 nitrogen and oxygen atoms in total. The zero-order valence-electron chi connectivity index (χ0n) is 12.1. The highest BCUT2D eigenvalue weighted by Gasteiger charge is 2.27. The van der Waals surface area contributed by atoms with Crippen LogP contribution in [-0.2, 0) is 9.53 Å². The van der Waals surface area contributed by atoms with Gasteiger partial charge in [0.1, 0.15) is 24.0 Å². The van der Waals surface area contributed by atoms with Crippen LogP contribution in [0, 0.1) is 0 Å². The minimum absolute atomic E-state index is 0.127. The number of esters is 1. The van der Waals surface area contributed by atoms with Gasteiger partial charge in [-0.1, -0.05) is 6.92 Å². The van der Waals surface area contributed by atoms with E-state index >= 15 is 0 Å². The maximum Gasteiger partial charge on any atom is 0.325 e. The van der Waals surface area contributed by atoms with Crippen molar-refractivity contribution in [3.05, 3.63) is 11.9 Å². The van der Waals surface area contributed by atoms with Crippen LogP contribution in [0.25, 0.3) is 0 Å². The average molecular weight is 278 g/mol. The van der Waals surface area contributed by atoms with Gasteiger partial charge in [0.25, 0.3) is 0 Å². The summed E-state index contributed by atoms with van der Waals surface area (Å²) in [7, 11) is 0. The molecule has 1 fully saturated rings. The van der Waals surface area contributed by atoms with E-state index in [2.05, 4.69) is 27.5 Å². The van der Waals surface area contributed by atoms with Gasteiger partial charge >= 0.3 is 5.97 Å². The first-order valence-electron chi connectivity index (χ1n) is 7.25. The van der Waals surface area contributed by atoms with Crippen molar-refractivity contribution in [2.45, 2.75) is 39.0 Å². The minimum atomic E-state index is -0.276. The van der Waals surface area contributed by atoms with E-state index in [0.717, 1.165) is 37.4 Å². The molecule has 2 rings (SSSR count). The highest BCUT2D eigenvalue weighted by molar-refractivity contribution is 5.74. The fourth-order valence-electron chi connectivity index (χ4n) is 1.80. The summed E-state index contributed by atoms with van der Waals surface area (Å²) >= 11 is 0. The summed E-state index contributed by atoms with van der Waals surface area (Å²) in [5, 5.41) is 6.27. The van der Waals surface area contributed by atoms with Crippen molar-refractivity contribution in [1.29, 1.82) is 0 Å². The van der Waals surface area contributed by atoms with Crippen molar-refractivity contribution in [3.63, 3.8) is 0 Å². The summed E-state index contributed by atoms with van der Waals surface area (Å²) in [6.07, 6.45) is 3.33. The molecule has 0 bridgehead atoms. The van der Waals surface area contributed by atoms with E-state index in [1.54, 1.807) is 6.92 Å². The van der Waals surface area contributed by atoms with Crippen molar-refractivity contribution < 1.29 is 9.53 Å². The summed E-state index contributed by atoms with van der Waals surface area (Å²) in [5.41, 5.74) is 0. The molecule has 1 aromatic heterocycles. The van der Waals surface area contributed by atoms with E-state index in [4.69, 9.17) is 4.74 Å². The normalized spacial score (nSPS) is 13.9. The topological polar surface area (TPSA) is 76.1 Å². The van der Waals surface area contributed by atoms with Crippen LogP contribution in [0.5, 0.6) is 0 Å². The Morgan fingerprint density at radius 1 is 1.30 bits per heavy atom. The molecule has 0 atom stereocenters. The van der Waals surface area contributed by atoms with Gasteiger partial charge in [0.2, 0.25) is 0 Å². The molecule has 20 heavy (non-hydrogen) atoms. The molecule has 6 heteroatoms. The quantitative estimate of drug-likeness (QED) is 0.710. The van der Waals surface area contributed by atoms with E-state index in [9.17, 15) is 4.79 Å². The molecule has 0 amide bonds. The Morgan fingerprint density at radius 2 is 2.00 bits per heavy atom. The second-order valence-electron chi connectivity index (χ2n) is 4.86. The van der Waals surface area contributed by atoms with Gasteiger partial charge in [0.15, 0.2) is 0 Å². The summed E-state index contributed by atoms with van der Waals surface area (Å²) in [4.78, 5) is 20.3. The first kappa shape index (κ1) is 14.6. The highest BCUT2D eigenvalue weighted by atomic mass is 16.5. The van der Waals surface area contributed by atoms with Gasteiger partial charge in [-0.15, -0.1) is 0 Å². The first-order valence-corrected chi connectivity index (χ1v) is 7.25. The van der Waals surface area contributed by atoms with Crippen LogP contribution in [0.4, 0.5) is 11.6 Å². The summed E-state index contributed by atoms with van der Waals surface area (Å²) < 4.78 is 4.89. The fraction of sp³-hybridized carbons (Fsp3) is 0.643. The third-order valence-corrected chi connectivity index (χ3v) is 2.96. The van der Waals surface area contributed by atoms with Gasteiger partial charge in [-0.3, -0.25) is 4.79 Å². The first-order chi connectivity index (χ1) is 9.72. The fourth-order valence-corrected chi connectivity index (χ4v) is 1.80. The number of nitrogens with one attached hydrogen (secondary N) is 2. The van der Waals surface area contributed by atoms with Gasteiger partial charge < -0.3 is 15.4 Å². The summed E-state index contributed by atoms with van der Waals surface area (Å²) in [6.45, 7) is 5.29. The number of ether oxygens (including phenoxy) is 1. The maximum absolute atomic E-state index is 11.4. The molecule has 1 saturated carbocycles. The van der Waals surface area contributed by atoms with Crippen molar-refractivity contribution in [1.82, 2.24) is 9.97 Å². The Bertz CT molecular complexity index is 460. The van der Waals surface area contributed by atoms with Gasteiger partial charge in [0, 0.05) is 18.5 Å². The lowest BCUT2D eigenvalue weighted by Gasteiger charge is -2.10. The second kappa shape index (κ2) is 7.07. The van der Waals surface area contributed by atoms with Crippen molar-refractivity contribution in [3.8, 4) is 0 Å². The number of anilines is 2. The van der Waals surface area contributed by atoms with E-state index in [1.807, 2.05) is 6.07 Å². The van der Waals surface area contributed by atoms with Crippen molar-refractivity contribution >= 4 is 17.6 Å². The van der Waals surface area contributed by atoms with E-state index in [-0.39, 0.29) is 12.5 Å². The van der Waals surface area contributed by atoms with E-state index in [0.29, 0.717) is 18.3 Å². The third kappa shape index (κ3) is 4.36. The molecule has 2 N–H and O–H groups in total. The lowest BCUT2D eigenvalue weighted by atomic mass is 10.3. The molecule has 1 aliphatic carbocycles. The molecule has 0 aromatic carbocycles. The predicted octanol–water partition coefficient (Wildman–Crippen LogP) is 2.15. The largest absolute Gasteiger partial charge is 0.465 e. The van der Waals surface area contributed by atoms with Crippen molar-refractivity contribution in [2.75, 3.05) is 30.3 Å². The Balaban J connectivity index is 2.02. The zero-order chi connectivity index (χ0) is 14.4. The standard InChI is InChI=1S/C14H22N4O2/c1-3-7-15-11-8-12(16-9-13(19)20-4-2)18-14(17-11)10-5-6-10/h8,10H,3-7,9H2,1-2H3,(H2,15,16,17,18). The number of rotatable bonds is 8. The van der Waals surface area contributed by atoms with Gasteiger partial charge in [-0.05, 0) is 26.2 Å². The van der Waals surface area contributed by atoms with Gasteiger partial charge in [0.05, 0.1) is 6.61 Å². The average Bonchev–Trinajstić information content (AvgIpc) is 3.28. The SMILES string of the molecule is CCCNc1cc(NCC(=O)OCC)nc(C2CC2)n1. The lowest BCUT2D eigenvalue weighted by molar-refractivity contribution is -0.140. The van der Waals surface area contributed by atoms with Gasteiger partial charge in [-0.25, -0.2) is 9.97 Å². The molecule has 1 aliphatic rings. The van der Waals surface area contributed by atoms with Crippen LogP contribution in [0.1, 0.15) is 44.9 Å². The third-order valence-electron chi connectivity index (χ3n) is 2.96. The highest BCUT2D eigenvalue weighted by Crippen LogP contribution is 2.38. The van der Waals surface area contributed by atoms with Crippen LogP contribution >= 0.6 is 0 Å². The predicted molar refractivity (Wildman–Crippen MR) is 77.9 cm³/mol. The molecular weight excluding hydrogens is 256 g/mol. The Hall–Kier alpha value is -1.85.